The quantitative estimate of drug-likeness (QED) is 0.647. The molecule has 0 unspecified atom stereocenters. The van der Waals surface area contributed by atoms with Crippen LogP contribution in [0.5, 0.6) is 0 Å². The Morgan fingerprint density at radius 1 is 1.37 bits per heavy atom. The zero-order valence-electron chi connectivity index (χ0n) is 11.1. The van der Waals surface area contributed by atoms with Gasteiger partial charge in [-0.1, -0.05) is 43.9 Å². The average molecular weight is 283 g/mol. The highest BCUT2D eigenvalue weighted by atomic mass is 35.5. The predicted octanol–water partition coefficient (Wildman–Crippen LogP) is 4.63. The van der Waals surface area contributed by atoms with E-state index in [1.165, 1.54) is 32.1 Å². The van der Waals surface area contributed by atoms with Crippen LogP contribution in [0.3, 0.4) is 0 Å². The SMILES string of the molecule is CC1(CNc2cccc(Cl)c2[N+](=O)[O-])CCCCC1. The summed E-state index contributed by atoms with van der Waals surface area (Å²) in [5.74, 6) is 0. The van der Waals surface area contributed by atoms with Gasteiger partial charge >= 0.3 is 5.69 Å². The van der Waals surface area contributed by atoms with E-state index >= 15 is 0 Å². The molecular weight excluding hydrogens is 264 g/mol. The van der Waals surface area contributed by atoms with Crippen molar-refractivity contribution in [1.82, 2.24) is 0 Å². The molecular formula is C14H19ClN2O2. The first-order chi connectivity index (χ1) is 9.02. The minimum absolute atomic E-state index is 0.0245. The molecule has 1 N–H and O–H groups in total. The first kappa shape index (κ1) is 14.1. The lowest BCUT2D eigenvalue weighted by molar-refractivity contribution is -0.383. The summed E-state index contributed by atoms with van der Waals surface area (Å²) in [6.07, 6.45) is 6.14. The Labute approximate surface area is 118 Å². The van der Waals surface area contributed by atoms with Crippen LogP contribution in [0.15, 0.2) is 18.2 Å². The molecule has 1 aromatic rings. The summed E-state index contributed by atoms with van der Waals surface area (Å²) in [6, 6.07) is 5.00. The van der Waals surface area contributed by atoms with Gasteiger partial charge in [-0.25, -0.2) is 0 Å². The van der Waals surface area contributed by atoms with E-state index in [0.717, 1.165) is 6.54 Å². The third kappa shape index (κ3) is 3.38. The lowest BCUT2D eigenvalue weighted by Gasteiger charge is -2.33. The lowest BCUT2D eigenvalue weighted by Crippen LogP contribution is -2.29. The lowest BCUT2D eigenvalue weighted by atomic mass is 9.76. The molecule has 1 fully saturated rings. The van der Waals surface area contributed by atoms with Crippen molar-refractivity contribution in [3.63, 3.8) is 0 Å². The van der Waals surface area contributed by atoms with Gasteiger partial charge in [0.15, 0.2) is 0 Å². The van der Waals surface area contributed by atoms with Gasteiger partial charge in [-0.3, -0.25) is 10.1 Å². The van der Waals surface area contributed by atoms with Gasteiger partial charge in [-0.15, -0.1) is 0 Å². The van der Waals surface area contributed by atoms with Crippen LogP contribution in [-0.4, -0.2) is 11.5 Å². The maximum atomic E-state index is 11.1. The van der Waals surface area contributed by atoms with Gasteiger partial charge in [0.05, 0.1) is 4.92 Å². The van der Waals surface area contributed by atoms with Gasteiger partial charge in [-0.05, 0) is 30.4 Å². The number of hydrogen-bond acceptors (Lipinski definition) is 3. The van der Waals surface area contributed by atoms with Gasteiger partial charge in [0.2, 0.25) is 0 Å². The van der Waals surface area contributed by atoms with E-state index in [1.54, 1.807) is 18.2 Å². The van der Waals surface area contributed by atoms with Crippen LogP contribution in [0.4, 0.5) is 11.4 Å². The first-order valence-electron chi connectivity index (χ1n) is 6.69. The fourth-order valence-corrected chi connectivity index (χ4v) is 2.98. The number of para-hydroxylation sites is 1. The van der Waals surface area contributed by atoms with Crippen molar-refractivity contribution in [2.24, 2.45) is 5.41 Å². The van der Waals surface area contributed by atoms with Crippen LogP contribution in [0.2, 0.25) is 5.02 Å². The van der Waals surface area contributed by atoms with E-state index in [4.69, 9.17) is 11.6 Å². The van der Waals surface area contributed by atoms with Crippen LogP contribution in [-0.2, 0) is 0 Å². The Morgan fingerprint density at radius 2 is 2.05 bits per heavy atom. The molecule has 0 atom stereocenters. The molecule has 0 saturated heterocycles. The zero-order valence-corrected chi connectivity index (χ0v) is 11.9. The maximum absolute atomic E-state index is 11.1. The molecule has 0 amide bonds. The predicted molar refractivity (Wildman–Crippen MR) is 77.8 cm³/mol. The summed E-state index contributed by atoms with van der Waals surface area (Å²) in [7, 11) is 0. The van der Waals surface area contributed by atoms with Gasteiger partial charge in [0.1, 0.15) is 10.7 Å². The molecule has 0 bridgehead atoms. The van der Waals surface area contributed by atoms with Gasteiger partial charge in [0, 0.05) is 6.54 Å². The molecule has 1 saturated carbocycles. The zero-order chi connectivity index (χ0) is 13.9. The Morgan fingerprint density at radius 3 is 2.68 bits per heavy atom. The van der Waals surface area contributed by atoms with Crippen LogP contribution >= 0.6 is 11.6 Å². The molecule has 1 aromatic carbocycles. The Balaban J connectivity index is 2.11. The molecule has 1 aliphatic rings. The second-order valence-electron chi connectivity index (χ2n) is 5.62. The number of anilines is 1. The maximum Gasteiger partial charge on any atom is 0.310 e. The summed E-state index contributed by atoms with van der Waals surface area (Å²) in [5.41, 5.74) is 0.724. The second kappa shape index (κ2) is 5.78. The van der Waals surface area contributed by atoms with Crippen molar-refractivity contribution in [3.05, 3.63) is 33.3 Å². The number of nitrogens with one attached hydrogen (secondary N) is 1. The number of rotatable bonds is 4. The monoisotopic (exact) mass is 282 g/mol. The summed E-state index contributed by atoms with van der Waals surface area (Å²) >= 11 is 5.90. The van der Waals surface area contributed by atoms with E-state index in [-0.39, 0.29) is 16.1 Å². The summed E-state index contributed by atoms with van der Waals surface area (Å²) in [4.78, 5) is 10.6. The van der Waals surface area contributed by atoms with Gasteiger partial charge < -0.3 is 5.32 Å². The molecule has 0 aliphatic heterocycles. The highest BCUT2D eigenvalue weighted by Gasteiger charge is 2.27. The van der Waals surface area contributed by atoms with E-state index in [1.807, 2.05) is 0 Å². The first-order valence-corrected chi connectivity index (χ1v) is 7.06. The van der Waals surface area contributed by atoms with E-state index < -0.39 is 4.92 Å². The number of halogens is 1. The molecule has 0 radical (unpaired) electrons. The number of nitrogens with zero attached hydrogens (tertiary/aromatic N) is 1. The Hall–Kier alpha value is -1.29. The molecule has 19 heavy (non-hydrogen) atoms. The van der Waals surface area contributed by atoms with Crippen LogP contribution in [0, 0.1) is 15.5 Å². The summed E-state index contributed by atoms with van der Waals surface area (Å²) in [6.45, 7) is 3.00. The molecule has 4 nitrogen and oxygen atoms in total. The topological polar surface area (TPSA) is 55.2 Å². The molecule has 104 valence electrons. The summed E-state index contributed by atoms with van der Waals surface area (Å²) < 4.78 is 0. The third-order valence-electron chi connectivity index (χ3n) is 3.94. The Bertz CT molecular complexity index is 471. The number of hydrogen-bond donors (Lipinski definition) is 1. The van der Waals surface area contributed by atoms with Crippen molar-refractivity contribution in [2.45, 2.75) is 39.0 Å². The molecule has 0 heterocycles. The van der Waals surface area contributed by atoms with Crippen LogP contribution < -0.4 is 5.32 Å². The highest BCUT2D eigenvalue weighted by molar-refractivity contribution is 6.33. The van der Waals surface area contributed by atoms with Crippen molar-refractivity contribution < 1.29 is 4.92 Å². The van der Waals surface area contributed by atoms with E-state index in [9.17, 15) is 10.1 Å². The number of benzene rings is 1. The van der Waals surface area contributed by atoms with Crippen molar-refractivity contribution in [2.75, 3.05) is 11.9 Å². The number of nitro benzene ring substituents is 1. The molecule has 0 spiro atoms. The van der Waals surface area contributed by atoms with Crippen molar-refractivity contribution >= 4 is 23.0 Å². The minimum Gasteiger partial charge on any atom is -0.379 e. The second-order valence-corrected chi connectivity index (χ2v) is 6.03. The molecule has 1 aliphatic carbocycles. The van der Waals surface area contributed by atoms with Gasteiger partial charge in [0.25, 0.3) is 0 Å². The molecule has 2 rings (SSSR count). The standard InChI is InChI=1S/C14H19ClN2O2/c1-14(8-3-2-4-9-14)10-16-12-7-5-6-11(15)13(12)17(18)19/h5-7,16H,2-4,8-10H2,1H3. The van der Waals surface area contributed by atoms with E-state index in [2.05, 4.69) is 12.2 Å². The minimum atomic E-state index is -0.423. The molecule has 0 aromatic heterocycles. The van der Waals surface area contributed by atoms with Crippen LogP contribution in [0.25, 0.3) is 0 Å². The van der Waals surface area contributed by atoms with E-state index in [0.29, 0.717) is 5.69 Å². The van der Waals surface area contributed by atoms with Crippen molar-refractivity contribution in [1.29, 1.82) is 0 Å². The molecule has 5 heteroatoms. The van der Waals surface area contributed by atoms with Crippen LogP contribution in [0.1, 0.15) is 39.0 Å². The Kier molecular flexibility index (Phi) is 4.30. The smallest absolute Gasteiger partial charge is 0.310 e. The third-order valence-corrected chi connectivity index (χ3v) is 4.24. The van der Waals surface area contributed by atoms with Gasteiger partial charge in [-0.2, -0.15) is 0 Å². The number of nitro groups is 1. The average Bonchev–Trinajstić information content (AvgIpc) is 2.37. The largest absolute Gasteiger partial charge is 0.379 e. The fraction of sp³-hybridized carbons (Fsp3) is 0.571. The highest BCUT2D eigenvalue weighted by Crippen LogP contribution is 2.38. The normalized spacial score (nSPS) is 18.0. The fourth-order valence-electron chi connectivity index (χ4n) is 2.73. The summed E-state index contributed by atoms with van der Waals surface area (Å²) in [5, 5.41) is 14.5. The van der Waals surface area contributed by atoms with Crippen molar-refractivity contribution in [3.8, 4) is 0 Å².